The number of hydrogen-bond donors (Lipinski definition) is 3. The van der Waals surface area contributed by atoms with Gasteiger partial charge in [0, 0.05) is 31.6 Å². The van der Waals surface area contributed by atoms with E-state index in [0.29, 0.717) is 12.1 Å². The van der Waals surface area contributed by atoms with Gasteiger partial charge in [-0.2, -0.15) is 0 Å². The van der Waals surface area contributed by atoms with Crippen LogP contribution >= 0.6 is 0 Å². The van der Waals surface area contributed by atoms with E-state index in [9.17, 15) is 18.7 Å². The van der Waals surface area contributed by atoms with Crippen molar-refractivity contribution in [1.82, 2.24) is 10.6 Å². The van der Waals surface area contributed by atoms with Crippen LogP contribution in [0, 0.1) is 17.0 Å². The van der Waals surface area contributed by atoms with Gasteiger partial charge < -0.3 is 20.2 Å². The molecule has 0 aliphatic heterocycles. The first-order valence-electron chi connectivity index (χ1n) is 11.8. The van der Waals surface area contributed by atoms with Crippen LogP contribution in [-0.2, 0) is 24.2 Å². The fourth-order valence-electron chi connectivity index (χ4n) is 4.24. The van der Waals surface area contributed by atoms with E-state index in [1.165, 1.54) is 24.6 Å². The van der Waals surface area contributed by atoms with E-state index in [1.807, 2.05) is 6.07 Å². The van der Waals surface area contributed by atoms with Gasteiger partial charge >= 0.3 is 0 Å². The highest BCUT2D eigenvalue weighted by Crippen LogP contribution is 2.28. The lowest BCUT2D eigenvalue weighted by molar-refractivity contribution is -0.120. The summed E-state index contributed by atoms with van der Waals surface area (Å²) in [5.74, 6) is -1.73. The third kappa shape index (κ3) is 8.30. The van der Waals surface area contributed by atoms with Crippen molar-refractivity contribution in [2.45, 2.75) is 59.2 Å². The molecule has 0 saturated heterocycles. The molecule has 2 unspecified atom stereocenters. The Bertz CT molecular complexity index is 1100. The summed E-state index contributed by atoms with van der Waals surface area (Å²) in [5, 5.41) is 16.8. The second-order valence-electron chi connectivity index (χ2n) is 10.2. The molecule has 5 nitrogen and oxygen atoms in total. The highest BCUT2D eigenvalue weighted by atomic mass is 19.1. The van der Waals surface area contributed by atoms with Crippen molar-refractivity contribution < 1.29 is 23.1 Å². The Morgan fingerprint density at radius 3 is 2.37 bits per heavy atom. The third-order valence-corrected chi connectivity index (χ3v) is 5.64. The molecule has 3 N–H and O–H groups in total. The van der Waals surface area contributed by atoms with Gasteiger partial charge in [0.15, 0.2) is 0 Å². The van der Waals surface area contributed by atoms with Gasteiger partial charge in [0.1, 0.15) is 11.6 Å². The highest BCUT2D eigenvalue weighted by Gasteiger charge is 2.21. The molecule has 7 heteroatoms. The van der Waals surface area contributed by atoms with E-state index in [-0.39, 0.29) is 24.3 Å². The highest BCUT2D eigenvalue weighted by molar-refractivity contribution is 5.73. The van der Waals surface area contributed by atoms with Gasteiger partial charge in [0.2, 0.25) is 5.91 Å². The van der Waals surface area contributed by atoms with Crippen molar-refractivity contribution in [2.24, 2.45) is 5.41 Å². The van der Waals surface area contributed by atoms with Crippen LogP contribution in [0.1, 0.15) is 44.4 Å². The first-order valence-corrected chi connectivity index (χ1v) is 11.8. The molecule has 0 aliphatic rings. The Kier molecular flexibility index (Phi) is 8.81. The summed E-state index contributed by atoms with van der Waals surface area (Å²) in [6, 6.07) is 10.8. The zero-order valence-corrected chi connectivity index (χ0v) is 20.7. The van der Waals surface area contributed by atoms with Gasteiger partial charge in [-0.05, 0) is 58.7 Å². The topological polar surface area (TPSA) is 74.5 Å². The van der Waals surface area contributed by atoms with Gasteiger partial charge in [-0.25, -0.2) is 8.78 Å². The number of carbonyl (C=O) groups is 1. The number of carbonyl (C=O) groups excluding carboxylic acids is 1. The van der Waals surface area contributed by atoms with E-state index in [0.717, 1.165) is 29.2 Å². The zero-order valence-electron chi connectivity index (χ0n) is 20.7. The molecule has 2 atom stereocenters. The van der Waals surface area contributed by atoms with E-state index < -0.39 is 23.8 Å². The van der Waals surface area contributed by atoms with Crippen molar-refractivity contribution in [3.05, 3.63) is 83.3 Å². The van der Waals surface area contributed by atoms with Crippen LogP contribution in [0.25, 0.3) is 11.1 Å². The lowest BCUT2D eigenvalue weighted by Gasteiger charge is -2.25. The maximum absolute atomic E-state index is 13.6. The fourth-order valence-corrected chi connectivity index (χ4v) is 4.24. The molecule has 188 valence electrons. The number of halogens is 2. The Morgan fingerprint density at radius 1 is 1.06 bits per heavy atom. The average molecular weight is 485 g/mol. The molecule has 0 bridgehead atoms. The minimum absolute atomic E-state index is 0.0957. The quantitative estimate of drug-likeness (QED) is 0.378. The molecule has 0 saturated carbocycles. The maximum Gasteiger partial charge on any atom is 0.217 e. The summed E-state index contributed by atoms with van der Waals surface area (Å²) in [5.41, 5.74) is 4.77. The molecule has 35 heavy (non-hydrogen) atoms. The summed E-state index contributed by atoms with van der Waals surface area (Å²) in [7, 11) is 0. The molecule has 1 aromatic heterocycles. The maximum atomic E-state index is 13.6. The molecule has 1 amide bonds. The van der Waals surface area contributed by atoms with Crippen LogP contribution in [0.4, 0.5) is 8.78 Å². The molecule has 0 radical (unpaired) electrons. The Hall–Kier alpha value is -3.03. The standard InChI is InChI=1S/C28H34F2N2O3/c1-18(33)32-26(12-20-10-23(29)13-24(30)11-20)27(34)16-31-15-22-9-19(14-28(2,3)4)5-6-25(22)21-7-8-35-17-21/h5-11,13,17,26-27,31,34H,12,14-16H2,1-4H3,(H,32,33). The number of amides is 1. The van der Waals surface area contributed by atoms with Crippen LogP contribution in [0.15, 0.2) is 59.4 Å². The van der Waals surface area contributed by atoms with E-state index in [4.69, 9.17) is 4.42 Å². The van der Waals surface area contributed by atoms with Crippen molar-refractivity contribution in [2.75, 3.05) is 6.54 Å². The summed E-state index contributed by atoms with van der Waals surface area (Å²) in [4.78, 5) is 11.7. The molecule has 0 aliphatic carbocycles. The second kappa shape index (κ2) is 11.6. The van der Waals surface area contributed by atoms with E-state index in [2.05, 4.69) is 49.6 Å². The van der Waals surface area contributed by atoms with Gasteiger partial charge in [0.05, 0.1) is 24.7 Å². The second-order valence-corrected chi connectivity index (χ2v) is 10.2. The van der Waals surface area contributed by atoms with Crippen LogP contribution in [0.5, 0.6) is 0 Å². The first kappa shape index (κ1) is 26.6. The largest absolute Gasteiger partial charge is 0.472 e. The smallest absolute Gasteiger partial charge is 0.217 e. The Labute approximate surface area is 205 Å². The summed E-state index contributed by atoms with van der Waals surface area (Å²) in [6.07, 6.45) is 3.37. The van der Waals surface area contributed by atoms with Crippen LogP contribution in [0.3, 0.4) is 0 Å². The van der Waals surface area contributed by atoms with Crippen molar-refractivity contribution in [3.63, 3.8) is 0 Å². The fraction of sp³-hybridized carbons (Fsp3) is 0.393. The molecular weight excluding hydrogens is 450 g/mol. The number of benzene rings is 2. The number of aliphatic hydroxyl groups excluding tert-OH is 1. The number of furan rings is 1. The van der Waals surface area contributed by atoms with Gasteiger partial charge in [-0.1, -0.05) is 39.0 Å². The minimum Gasteiger partial charge on any atom is -0.472 e. The SMILES string of the molecule is CC(=O)NC(Cc1cc(F)cc(F)c1)C(O)CNCc1cc(CC(C)(C)C)ccc1-c1ccoc1. The number of rotatable bonds is 10. The predicted molar refractivity (Wildman–Crippen MR) is 133 cm³/mol. The molecule has 2 aromatic carbocycles. The predicted octanol–water partition coefficient (Wildman–Crippen LogP) is 5.01. The van der Waals surface area contributed by atoms with Crippen LogP contribution < -0.4 is 10.6 Å². The zero-order chi connectivity index (χ0) is 25.6. The molecule has 3 rings (SSSR count). The lowest BCUT2D eigenvalue weighted by Crippen LogP contribution is -2.48. The Morgan fingerprint density at radius 2 is 1.77 bits per heavy atom. The summed E-state index contributed by atoms with van der Waals surface area (Å²) >= 11 is 0. The summed E-state index contributed by atoms with van der Waals surface area (Å²) < 4.78 is 32.5. The van der Waals surface area contributed by atoms with E-state index >= 15 is 0 Å². The summed E-state index contributed by atoms with van der Waals surface area (Å²) in [6.45, 7) is 8.58. The number of hydrogen-bond acceptors (Lipinski definition) is 4. The molecule has 0 fully saturated rings. The molecular formula is C28H34F2N2O3. The van der Waals surface area contributed by atoms with Crippen LogP contribution in [0.2, 0.25) is 0 Å². The minimum atomic E-state index is -0.972. The monoisotopic (exact) mass is 484 g/mol. The Balaban J connectivity index is 1.72. The molecule has 3 aromatic rings. The number of aliphatic hydroxyl groups is 1. The van der Waals surface area contributed by atoms with Gasteiger partial charge in [-0.15, -0.1) is 0 Å². The first-order chi connectivity index (χ1) is 16.5. The molecule has 1 heterocycles. The third-order valence-electron chi connectivity index (χ3n) is 5.64. The average Bonchev–Trinajstić information content (AvgIpc) is 3.26. The van der Waals surface area contributed by atoms with Gasteiger partial charge in [-0.3, -0.25) is 4.79 Å². The normalized spacial score (nSPS) is 13.5. The van der Waals surface area contributed by atoms with Crippen molar-refractivity contribution >= 4 is 5.91 Å². The molecule has 0 spiro atoms. The number of nitrogens with one attached hydrogen (secondary N) is 2. The van der Waals surface area contributed by atoms with Crippen LogP contribution in [-0.4, -0.2) is 29.7 Å². The van der Waals surface area contributed by atoms with Crippen molar-refractivity contribution in [3.8, 4) is 11.1 Å². The van der Waals surface area contributed by atoms with Crippen molar-refractivity contribution in [1.29, 1.82) is 0 Å². The van der Waals surface area contributed by atoms with Gasteiger partial charge in [0.25, 0.3) is 0 Å². The van der Waals surface area contributed by atoms with E-state index in [1.54, 1.807) is 12.5 Å². The lowest BCUT2D eigenvalue weighted by atomic mass is 9.86.